The number of rotatable bonds is 6. The van der Waals surface area contributed by atoms with Crippen molar-refractivity contribution >= 4 is 17.7 Å². The molecule has 0 fully saturated rings. The fraction of sp³-hybridized carbons (Fsp3) is 0.118. The molecule has 2 rings (SSSR count). The van der Waals surface area contributed by atoms with E-state index in [1.807, 2.05) is 0 Å². The molecular formula is C17H14F3NO3. The molecule has 4 nitrogen and oxygen atoms in total. The fourth-order valence-electron chi connectivity index (χ4n) is 1.92. The van der Waals surface area contributed by atoms with Crippen LogP contribution in [-0.2, 0) is 4.79 Å². The molecule has 1 N–H and O–H groups in total. The number of amides is 1. The molecule has 7 heteroatoms. The van der Waals surface area contributed by atoms with Crippen LogP contribution in [0.1, 0.15) is 5.56 Å². The quantitative estimate of drug-likeness (QED) is 0.808. The van der Waals surface area contributed by atoms with Gasteiger partial charge in [-0.15, -0.1) is 0 Å². The van der Waals surface area contributed by atoms with Gasteiger partial charge in [-0.25, -0.2) is 4.39 Å². The van der Waals surface area contributed by atoms with Gasteiger partial charge in [-0.3, -0.25) is 4.79 Å². The molecule has 0 saturated carbocycles. The normalized spacial score (nSPS) is 10.9. The van der Waals surface area contributed by atoms with E-state index >= 15 is 0 Å². The van der Waals surface area contributed by atoms with Crippen LogP contribution in [0.2, 0.25) is 0 Å². The van der Waals surface area contributed by atoms with Gasteiger partial charge < -0.3 is 14.8 Å². The molecule has 0 radical (unpaired) electrons. The minimum Gasteiger partial charge on any atom is -0.493 e. The lowest BCUT2D eigenvalue weighted by Crippen LogP contribution is -2.08. The van der Waals surface area contributed by atoms with Gasteiger partial charge >= 0.3 is 6.61 Å². The highest BCUT2D eigenvalue weighted by Crippen LogP contribution is 2.33. The summed E-state index contributed by atoms with van der Waals surface area (Å²) in [4.78, 5) is 11.8. The zero-order chi connectivity index (χ0) is 17.5. The molecule has 126 valence electrons. The number of anilines is 1. The maximum Gasteiger partial charge on any atom is 0.387 e. The maximum absolute atomic E-state index is 12.8. The van der Waals surface area contributed by atoms with Crippen molar-refractivity contribution in [1.29, 1.82) is 0 Å². The Bertz CT molecular complexity index is 730. The van der Waals surface area contributed by atoms with Crippen LogP contribution >= 0.6 is 0 Å². The monoisotopic (exact) mass is 337 g/mol. The third-order valence-corrected chi connectivity index (χ3v) is 2.96. The van der Waals surface area contributed by atoms with Crippen molar-refractivity contribution in [2.45, 2.75) is 6.61 Å². The molecule has 0 heterocycles. The molecule has 0 atom stereocenters. The van der Waals surface area contributed by atoms with Crippen LogP contribution in [0.3, 0.4) is 0 Å². The van der Waals surface area contributed by atoms with Crippen molar-refractivity contribution in [3.05, 3.63) is 59.9 Å². The minimum absolute atomic E-state index is 0.122. The Morgan fingerprint density at radius 1 is 1.17 bits per heavy atom. The fourth-order valence-corrected chi connectivity index (χ4v) is 1.92. The SMILES string of the molecule is COc1cccc(/C=C/C(=O)Nc2ccc(F)cc2)c1OC(F)F. The van der Waals surface area contributed by atoms with E-state index in [0.717, 1.165) is 6.08 Å². The van der Waals surface area contributed by atoms with E-state index in [2.05, 4.69) is 10.1 Å². The standard InChI is InChI=1S/C17H14F3NO3/c1-23-14-4-2-3-11(16(14)24-17(19)20)5-10-15(22)21-13-8-6-12(18)7-9-13/h2-10,17H,1H3,(H,21,22)/b10-5+. The predicted octanol–water partition coefficient (Wildman–Crippen LogP) is 4.09. The number of carbonyl (C=O) groups is 1. The number of nitrogens with one attached hydrogen (secondary N) is 1. The van der Waals surface area contributed by atoms with Gasteiger partial charge in [0.15, 0.2) is 11.5 Å². The van der Waals surface area contributed by atoms with Crippen molar-refractivity contribution in [3.63, 3.8) is 0 Å². The third kappa shape index (κ3) is 4.77. The summed E-state index contributed by atoms with van der Waals surface area (Å²) >= 11 is 0. The maximum atomic E-state index is 12.8. The lowest BCUT2D eigenvalue weighted by Gasteiger charge is -2.12. The smallest absolute Gasteiger partial charge is 0.387 e. The number of alkyl halides is 2. The highest BCUT2D eigenvalue weighted by atomic mass is 19.3. The average Bonchev–Trinajstić information content (AvgIpc) is 2.55. The number of ether oxygens (including phenoxy) is 2. The highest BCUT2D eigenvalue weighted by Gasteiger charge is 2.14. The topological polar surface area (TPSA) is 47.6 Å². The van der Waals surface area contributed by atoms with Gasteiger partial charge in [0.05, 0.1) is 7.11 Å². The number of para-hydroxylation sites is 1. The number of methoxy groups -OCH3 is 1. The lowest BCUT2D eigenvalue weighted by atomic mass is 10.1. The van der Waals surface area contributed by atoms with Gasteiger partial charge in [0.2, 0.25) is 5.91 Å². The van der Waals surface area contributed by atoms with Crippen LogP contribution in [0.4, 0.5) is 18.9 Å². The molecular weight excluding hydrogens is 323 g/mol. The molecule has 0 saturated heterocycles. The first-order chi connectivity index (χ1) is 11.5. The van der Waals surface area contributed by atoms with Crippen LogP contribution in [0.15, 0.2) is 48.5 Å². The van der Waals surface area contributed by atoms with Crippen LogP contribution in [0, 0.1) is 5.82 Å². The average molecular weight is 337 g/mol. The van der Waals surface area contributed by atoms with Crippen molar-refractivity contribution in [2.24, 2.45) is 0 Å². The second kappa shape index (κ2) is 8.05. The molecule has 0 aliphatic carbocycles. The second-order valence-corrected chi connectivity index (χ2v) is 4.59. The summed E-state index contributed by atoms with van der Waals surface area (Å²) in [6.45, 7) is -3.03. The molecule has 2 aromatic rings. The molecule has 0 unspecified atom stereocenters. The Morgan fingerprint density at radius 3 is 2.50 bits per heavy atom. The summed E-state index contributed by atoms with van der Waals surface area (Å²) in [6.07, 6.45) is 2.47. The Morgan fingerprint density at radius 2 is 1.88 bits per heavy atom. The van der Waals surface area contributed by atoms with E-state index in [-0.39, 0.29) is 17.1 Å². The second-order valence-electron chi connectivity index (χ2n) is 4.59. The zero-order valence-corrected chi connectivity index (χ0v) is 12.6. The summed E-state index contributed by atoms with van der Waals surface area (Å²) in [5.41, 5.74) is 0.657. The molecule has 24 heavy (non-hydrogen) atoms. The van der Waals surface area contributed by atoms with Crippen LogP contribution in [-0.4, -0.2) is 19.6 Å². The molecule has 0 aliphatic heterocycles. The van der Waals surface area contributed by atoms with E-state index in [1.165, 1.54) is 49.6 Å². The minimum atomic E-state index is -3.03. The van der Waals surface area contributed by atoms with Crippen molar-refractivity contribution in [3.8, 4) is 11.5 Å². The first kappa shape index (κ1) is 17.4. The van der Waals surface area contributed by atoms with E-state index < -0.39 is 18.3 Å². The Kier molecular flexibility index (Phi) is 5.83. The first-order valence-electron chi connectivity index (χ1n) is 6.86. The molecule has 2 aromatic carbocycles. The third-order valence-electron chi connectivity index (χ3n) is 2.96. The summed E-state index contributed by atoms with van der Waals surface area (Å²) in [6, 6.07) is 9.76. The first-order valence-corrected chi connectivity index (χ1v) is 6.86. The highest BCUT2D eigenvalue weighted by molar-refractivity contribution is 6.02. The van der Waals surface area contributed by atoms with Crippen LogP contribution in [0.5, 0.6) is 11.5 Å². The Balaban J connectivity index is 2.15. The molecule has 0 aliphatic rings. The van der Waals surface area contributed by atoms with Gasteiger partial charge in [-0.1, -0.05) is 12.1 Å². The Hall–Kier alpha value is -2.96. The summed E-state index contributed by atoms with van der Waals surface area (Å²) in [5.74, 6) is -0.974. The number of hydrogen-bond acceptors (Lipinski definition) is 3. The van der Waals surface area contributed by atoms with Gasteiger partial charge in [0.25, 0.3) is 0 Å². The molecule has 0 spiro atoms. The van der Waals surface area contributed by atoms with Gasteiger partial charge in [0, 0.05) is 17.3 Å². The lowest BCUT2D eigenvalue weighted by molar-refractivity contribution is -0.111. The molecule has 0 bridgehead atoms. The number of hydrogen-bond donors (Lipinski definition) is 1. The summed E-state index contributed by atoms with van der Waals surface area (Å²) in [7, 11) is 1.32. The van der Waals surface area contributed by atoms with Crippen LogP contribution in [0.25, 0.3) is 6.08 Å². The predicted molar refractivity (Wildman–Crippen MR) is 83.7 cm³/mol. The van der Waals surface area contributed by atoms with E-state index in [4.69, 9.17) is 4.74 Å². The number of carbonyl (C=O) groups excluding carboxylic acids is 1. The van der Waals surface area contributed by atoms with Crippen LogP contribution < -0.4 is 14.8 Å². The number of benzene rings is 2. The number of halogens is 3. The van der Waals surface area contributed by atoms with Gasteiger partial charge in [0.1, 0.15) is 5.82 Å². The van der Waals surface area contributed by atoms with Gasteiger partial charge in [-0.2, -0.15) is 8.78 Å². The van der Waals surface area contributed by atoms with Gasteiger partial charge in [-0.05, 0) is 36.4 Å². The Labute approximate surface area is 136 Å². The molecule has 0 aromatic heterocycles. The summed E-state index contributed by atoms with van der Waals surface area (Å²) < 4.78 is 47.3. The van der Waals surface area contributed by atoms with Crippen molar-refractivity contribution in [1.82, 2.24) is 0 Å². The van der Waals surface area contributed by atoms with E-state index in [1.54, 1.807) is 6.07 Å². The summed E-state index contributed by atoms with van der Waals surface area (Å²) in [5, 5.41) is 2.52. The van der Waals surface area contributed by atoms with Crippen molar-refractivity contribution < 1.29 is 27.4 Å². The van der Waals surface area contributed by atoms with E-state index in [0.29, 0.717) is 5.69 Å². The zero-order valence-electron chi connectivity index (χ0n) is 12.6. The van der Waals surface area contributed by atoms with E-state index in [9.17, 15) is 18.0 Å². The largest absolute Gasteiger partial charge is 0.493 e. The molecule has 1 amide bonds. The van der Waals surface area contributed by atoms with Crippen molar-refractivity contribution in [2.75, 3.05) is 12.4 Å².